The number of hydrogen-bond donors (Lipinski definition) is 2. The van der Waals surface area contributed by atoms with E-state index in [0.29, 0.717) is 10.7 Å². The fraction of sp³-hybridized carbons (Fsp3) is 0.357. The van der Waals surface area contributed by atoms with Crippen LogP contribution in [-0.2, 0) is 9.59 Å². The van der Waals surface area contributed by atoms with Crippen LogP contribution < -0.4 is 10.7 Å². The maximum Gasteiger partial charge on any atom is 0.329 e. The second-order valence-corrected chi connectivity index (χ2v) is 5.18. The number of nitrogens with zero attached hydrogens (tertiary/aromatic N) is 1. The maximum absolute atomic E-state index is 11.7. The molecule has 1 aromatic rings. The standard InChI is InChI=1S/C14H16ClN3O2/c1-9-6-7-10(15)8-12(9)16-13(19)14(20)18-17-11-4-2-3-5-11/h6-8H,2-5H2,1H3,(H,16,19)(H,18,20). The van der Waals surface area contributed by atoms with Crippen LogP contribution in [0, 0.1) is 6.92 Å². The third-order valence-electron chi connectivity index (χ3n) is 3.15. The van der Waals surface area contributed by atoms with E-state index in [9.17, 15) is 9.59 Å². The molecule has 0 unspecified atom stereocenters. The SMILES string of the molecule is Cc1ccc(Cl)cc1NC(=O)C(=O)NN=C1CCCC1. The Morgan fingerprint density at radius 1 is 1.20 bits per heavy atom. The van der Waals surface area contributed by atoms with Gasteiger partial charge in [-0.25, -0.2) is 5.43 Å². The molecule has 5 nitrogen and oxygen atoms in total. The van der Waals surface area contributed by atoms with Gasteiger partial charge in [0.25, 0.3) is 0 Å². The molecule has 1 fully saturated rings. The number of hydrogen-bond acceptors (Lipinski definition) is 3. The Morgan fingerprint density at radius 2 is 1.90 bits per heavy atom. The van der Waals surface area contributed by atoms with Crippen LogP contribution in [0.2, 0.25) is 5.02 Å². The molecule has 0 bridgehead atoms. The summed E-state index contributed by atoms with van der Waals surface area (Å²) in [6, 6.07) is 5.10. The van der Waals surface area contributed by atoms with E-state index < -0.39 is 11.8 Å². The Bertz CT molecular complexity index is 562. The van der Waals surface area contributed by atoms with Gasteiger partial charge in [-0.05, 0) is 50.3 Å². The molecule has 106 valence electrons. The summed E-state index contributed by atoms with van der Waals surface area (Å²) in [7, 11) is 0. The lowest BCUT2D eigenvalue weighted by molar-refractivity contribution is -0.136. The quantitative estimate of drug-likeness (QED) is 0.650. The summed E-state index contributed by atoms with van der Waals surface area (Å²) in [5, 5.41) is 6.98. The van der Waals surface area contributed by atoms with Crippen molar-refractivity contribution in [1.82, 2.24) is 5.43 Å². The highest BCUT2D eigenvalue weighted by molar-refractivity contribution is 6.40. The second-order valence-electron chi connectivity index (χ2n) is 4.74. The van der Waals surface area contributed by atoms with Gasteiger partial charge in [-0.1, -0.05) is 17.7 Å². The summed E-state index contributed by atoms with van der Waals surface area (Å²) in [5.41, 5.74) is 4.57. The molecule has 1 aromatic carbocycles. The Morgan fingerprint density at radius 3 is 2.60 bits per heavy atom. The molecule has 0 saturated heterocycles. The lowest BCUT2D eigenvalue weighted by atomic mass is 10.2. The molecule has 2 rings (SSSR count). The molecule has 0 atom stereocenters. The minimum Gasteiger partial charge on any atom is -0.317 e. The van der Waals surface area contributed by atoms with Crippen molar-refractivity contribution in [2.75, 3.05) is 5.32 Å². The van der Waals surface area contributed by atoms with Crippen LogP contribution >= 0.6 is 11.6 Å². The summed E-state index contributed by atoms with van der Waals surface area (Å²) in [4.78, 5) is 23.4. The van der Waals surface area contributed by atoms with Crippen LogP contribution in [0.15, 0.2) is 23.3 Å². The van der Waals surface area contributed by atoms with Crippen molar-refractivity contribution in [3.63, 3.8) is 0 Å². The number of aryl methyl sites for hydroxylation is 1. The molecular formula is C14H16ClN3O2. The molecule has 6 heteroatoms. The monoisotopic (exact) mass is 293 g/mol. The van der Waals surface area contributed by atoms with Gasteiger partial charge >= 0.3 is 11.8 Å². The highest BCUT2D eigenvalue weighted by Gasteiger charge is 2.15. The van der Waals surface area contributed by atoms with E-state index in [0.717, 1.165) is 37.0 Å². The molecule has 1 aliphatic rings. The summed E-state index contributed by atoms with van der Waals surface area (Å²) < 4.78 is 0. The third kappa shape index (κ3) is 3.81. The van der Waals surface area contributed by atoms with Crippen molar-refractivity contribution in [3.8, 4) is 0 Å². The molecule has 0 spiro atoms. The van der Waals surface area contributed by atoms with Gasteiger partial charge in [0.05, 0.1) is 0 Å². The largest absolute Gasteiger partial charge is 0.329 e. The Labute approximate surface area is 122 Å². The van der Waals surface area contributed by atoms with Gasteiger partial charge in [-0.15, -0.1) is 0 Å². The molecule has 2 amide bonds. The number of benzene rings is 1. The normalized spacial score (nSPS) is 14.0. The highest BCUT2D eigenvalue weighted by atomic mass is 35.5. The lowest BCUT2D eigenvalue weighted by Gasteiger charge is -2.07. The first-order chi connectivity index (χ1) is 9.56. The number of carbonyl (C=O) groups is 2. The van der Waals surface area contributed by atoms with Crippen LogP contribution in [0.1, 0.15) is 31.2 Å². The van der Waals surface area contributed by atoms with E-state index in [1.165, 1.54) is 0 Å². The molecule has 0 radical (unpaired) electrons. The van der Waals surface area contributed by atoms with Crippen molar-refractivity contribution in [3.05, 3.63) is 28.8 Å². The molecular weight excluding hydrogens is 278 g/mol. The van der Waals surface area contributed by atoms with Crippen LogP contribution in [0.25, 0.3) is 0 Å². The van der Waals surface area contributed by atoms with E-state index >= 15 is 0 Å². The first-order valence-electron chi connectivity index (χ1n) is 6.49. The Hall–Kier alpha value is -1.88. The number of hydrazone groups is 1. The average molecular weight is 294 g/mol. The number of nitrogens with one attached hydrogen (secondary N) is 2. The van der Waals surface area contributed by atoms with Gasteiger partial charge in [0.1, 0.15) is 0 Å². The van der Waals surface area contributed by atoms with E-state index in [4.69, 9.17) is 11.6 Å². The molecule has 1 saturated carbocycles. The van der Waals surface area contributed by atoms with Crippen LogP contribution in [-0.4, -0.2) is 17.5 Å². The molecule has 0 aliphatic heterocycles. The van der Waals surface area contributed by atoms with Crippen molar-refractivity contribution in [1.29, 1.82) is 0 Å². The highest BCUT2D eigenvalue weighted by Crippen LogP contribution is 2.20. The van der Waals surface area contributed by atoms with Crippen LogP contribution in [0.4, 0.5) is 5.69 Å². The van der Waals surface area contributed by atoms with E-state index in [-0.39, 0.29) is 0 Å². The predicted molar refractivity (Wildman–Crippen MR) is 78.9 cm³/mol. The van der Waals surface area contributed by atoms with E-state index in [1.807, 2.05) is 6.92 Å². The van der Waals surface area contributed by atoms with Gasteiger partial charge in [-0.3, -0.25) is 9.59 Å². The topological polar surface area (TPSA) is 70.6 Å². The van der Waals surface area contributed by atoms with Crippen LogP contribution in [0.5, 0.6) is 0 Å². The Balaban J connectivity index is 1.95. The number of rotatable bonds is 2. The summed E-state index contributed by atoms with van der Waals surface area (Å²) in [6.07, 6.45) is 3.94. The Kier molecular flexibility index (Phi) is 4.74. The number of amides is 2. The summed E-state index contributed by atoms with van der Waals surface area (Å²) in [5.74, 6) is -1.53. The van der Waals surface area contributed by atoms with Crippen molar-refractivity contribution >= 4 is 34.8 Å². The summed E-state index contributed by atoms with van der Waals surface area (Å²) in [6.45, 7) is 1.82. The minimum atomic E-state index is -0.774. The van der Waals surface area contributed by atoms with Crippen molar-refractivity contribution < 1.29 is 9.59 Å². The summed E-state index contributed by atoms with van der Waals surface area (Å²) >= 11 is 5.85. The van der Waals surface area contributed by atoms with Gasteiger partial charge in [0.15, 0.2) is 0 Å². The van der Waals surface area contributed by atoms with Gasteiger partial charge in [0, 0.05) is 16.4 Å². The van der Waals surface area contributed by atoms with E-state index in [1.54, 1.807) is 18.2 Å². The number of anilines is 1. The average Bonchev–Trinajstić information content (AvgIpc) is 2.93. The zero-order valence-electron chi connectivity index (χ0n) is 11.2. The molecule has 2 N–H and O–H groups in total. The lowest BCUT2D eigenvalue weighted by Crippen LogP contribution is -2.33. The fourth-order valence-corrected chi connectivity index (χ4v) is 2.16. The number of halogens is 1. The zero-order valence-corrected chi connectivity index (χ0v) is 12.0. The smallest absolute Gasteiger partial charge is 0.317 e. The van der Waals surface area contributed by atoms with Crippen LogP contribution in [0.3, 0.4) is 0 Å². The van der Waals surface area contributed by atoms with Gasteiger partial charge in [0.2, 0.25) is 0 Å². The first-order valence-corrected chi connectivity index (χ1v) is 6.87. The van der Waals surface area contributed by atoms with E-state index in [2.05, 4.69) is 15.8 Å². The van der Waals surface area contributed by atoms with Gasteiger partial charge in [-0.2, -0.15) is 5.10 Å². The molecule has 0 aromatic heterocycles. The zero-order chi connectivity index (χ0) is 14.5. The molecule has 0 heterocycles. The molecule has 1 aliphatic carbocycles. The second kappa shape index (κ2) is 6.52. The third-order valence-corrected chi connectivity index (χ3v) is 3.39. The fourth-order valence-electron chi connectivity index (χ4n) is 1.98. The first kappa shape index (κ1) is 14.5. The molecule has 20 heavy (non-hydrogen) atoms. The maximum atomic E-state index is 11.7. The van der Waals surface area contributed by atoms with Gasteiger partial charge < -0.3 is 5.32 Å². The van der Waals surface area contributed by atoms with Crippen molar-refractivity contribution in [2.45, 2.75) is 32.6 Å². The number of carbonyl (C=O) groups excluding carboxylic acids is 2. The predicted octanol–water partition coefficient (Wildman–Crippen LogP) is 2.63. The minimum absolute atomic E-state index is 0.498. The van der Waals surface area contributed by atoms with Crippen molar-refractivity contribution in [2.24, 2.45) is 5.10 Å².